The van der Waals surface area contributed by atoms with E-state index in [0.717, 1.165) is 19.7 Å². The van der Waals surface area contributed by atoms with Gasteiger partial charge in [0, 0.05) is 24.7 Å². The molecular formula is C17H32N2O. The molecule has 3 nitrogen and oxygen atoms in total. The van der Waals surface area contributed by atoms with Crippen molar-refractivity contribution in [3.05, 3.63) is 0 Å². The SMILES string of the molecule is CC1(C)CCCC(CN)(N2CCOC3CCCC32)CC1. The van der Waals surface area contributed by atoms with Crippen molar-refractivity contribution in [3.8, 4) is 0 Å². The molecule has 1 saturated heterocycles. The summed E-state index contributed by atoms with van der Waals surface area (Å²) in [4.78, 5) is 2.79. The molecule has 0 aromatic heterocycles. The summed E-state index contributed by atoms with van der Waals surface area (Å²) >= 11 is 0. The van der Waals surface area contributed by atoms with E-state index in [1.54, 1.807) is 0 Å². The van der Waals surface area contributed by atoms with Crippen LogP contribution >= 0.6 is 0 Å². The van der Waals surface area contributed by atoms with Gasteiger partial charge in [0.25, 0.3) is 0 Å². The molecule has 3 fully saturated rings. The zero-order chi connectivity index (χ0) is 14.2. The lowest BCUT2D eigenvalue weighted by Gasteiger charge is -2.50. The average Bonchev–Trinajstić information content (AvgIpc) is 2.85. The zero-order valence-corrected chi connectivity index (χ0v) is 13.4. The second kappa shape index (κ2) is 5.58. The van der Waals surface area contributed by atoms with Gasteiger partial charge in [-0.3, -0.25) is 4.90 Å². The molecule has 3 heteroatoms. The zero-order valence-electron chi connectivity index (χ0n) is 13.4. The Kier molecular flexibility index (Phi) is 4.13. The monoisotopic (exact) mass is 280 g/mol. The molecular weight excluding hydrogens is 248 g/mol. The lowest BCUT2D eigenvalue weighted by atomic mass is 9.82. The van der Waals surface area contributed by atoms with Gasteiger partial charge >= 0.3 is 0 Å². The van der Waals surface area contributed by atoms with Gasteiger partial charge in [-0.1, -0.05) is 20.3 Å². The van der Waals surface area contributed by atoms with Crippen LogP contribution in [0.15, 0.2) is 0 Å². The van der Waals surface area contributed by atoms with Crippen LogP contribution < -0.4 is 5.73 Å². The highest BCUT2D eigenvalue weighted by atomic mass is 16.5. The highest BCUT2D eigenvalue weighted by Crippen LogP contribution is 2.43. The highest BCUT2D eigenvalue weighted by molar-refractivity contribution is 5.02. The topological polar surface area (TPSA) is 38.5 Å². The molecule has 1 heterocycles. The standard InChI is InChI=1S/C17H32N2O/c1-16(2)7-4-8-17(13-18,10-9-16)19-11-12-20-15-6-3-5-14(15)19/h14-15H,3-13,18H2,1-2H3. The first-order valence-corrected chi connectivity index (χ1v) is 8.65. The van der Waals surface area contributed by atoms with Crippen molar-refractivity contribution < 1.29 is 4.74 Å². The molecule has 3 atom stereocenters. The van der Waals surface area contributed by atoms with Gasteiger partial charge in [-0.25, -0.2) is 0 Å². The van der Waals surface area contributed by atoms with E-state index in [0.29, 0.717) is 17.6 Å². The van der Waals surface area contributed by atoms with E-state index in [4.69, 9.17) is 10.5 Å². The van der Waals surface area contributed by atoms with Crippen LogP contribution in [0.25, 0.3) is 0 Å². The number of morpholine rings is 1. The maximum Gasteiger partial charge on any atom is 0.0731 e. The van der Waals surface area contributed by atoms with E-state index in [2.05, 4.69) is 18.7 Å². The quantitative estimate of drug-likeness (QED) is 0.790. The van der Waals surface area contributed by atoms with E-state index in [1.165, 1.54) is 51.4 Å². The molecule has 20 heavy (non-hydrogen) atoms. The van der Waals surface area contributed by atoms with Crippen molar-refractivity contribution in [1.82, 2.24) is 4.90 Å². The van der Waals surface area contributed by atoms with Crippen LogP contribution in [-0.4, -0.2) is 42.3 Å². The number of hydrogen-bond donors (Lipinski definition) is 1. The van der Waals surface area contributed by atoms with Crippen molar-refractivity contribution in [3.63, 3.8) is 0 Å². The number of fused-ring (bicyclic) bond motifs is 1. The second-order valence-corrected chi connectivity index (χ2v) is 8.05. The average molecular weight is 280 g/mol. The summed E-state index contributed by atoms with van der Waals surface area (Å²) in [5, 5.41) is 0. The lowest BCUT2D eigenvalue weighted by molar-refractivity contribution is -0.102. The van der Waals surface area contributed by atoms with E-state index < -0.39 is 0 Å². The fourth-order valence-electron chi connectivity index (χ4n) is 4.84. The van der Waals surface area contributed by atoms with Crippen molar-refractivity contribution in [1.29, 1.82) is 0 Å². The molecule has 2 aliphatic carbocycles. The Hall–Kier alpha value is -0.120. The molecule has 1 aliphatic heterocycles. The van der Waals surface area contributed by atoms with Crippen LogP contribution in [0.3, 0.4) is 0 Å². The Morgan fingerprint density at radius 2 is 1.95 bits per heavy atom. The summed E-state index contributed by atoms with van der Waals surface area (Å²) in [5.74, 6) is 0. The molecule has 2 N–H and O–H groups in total. The van der Waals surface area contributed by atoms with Crippen LogP contribution in [0.4, 0.5) is 0 Å². The van der Waals surface area contributed by atoms with Crippen LogP contribution in [0.5, 0.6) is 0 Å². The predicted octanol–water partition coefficient (Wildman–Crippen LogP) is 2.93. The van der Waals surface area contributed by atoms with E-state index in [9.17, 15) is 0 Å². The Labute approximate surface area is 124 Å². The molecule has 0 aromatic rings. The van der Waals surface area contributed by atoms with Gasteiger partial charge in [-0.2, -0.15) is 0 Å². The van der Waals surface area contributed by atoms with Gasteiger partial charge in [0.2, 0.25) is 0 Å². The molecule has 116 valence electrons. The molecule has 3 aliphatic rings. The second-order valence-electron chi connectivity index (χ2n) is 8.05. The maximum absolute atomic E-state index is 6.33. The highest BCUT2D eigenvalue weighted by Gasteiger charge is 2.47. The smallest absolute Gasteiger partial charge is 0.0731 e. The fraction of sp³-hybridized carbons (Fsp3) is 1.00. The molecule has 3 rings (SSSR count). The Bertz CT molecular complexity index is 344. The Morgan fingerprint density at radius 1 is 1.10 bits per heavy atom. The van der Waals surface area contributed by atoms with Crippen molar-refractivity contribution in [2.24, 2.45) is 11.1 Å². The summed E-state index contributed by atoms with van der Waals surface area (Å²) in [7, 11) is 0. The molecule has 0 amide bonds. The molecule has 2 saturated carbocycles. The van der Waals surface area contributed by atoms with Gasteiger partial charge < -0.3 is 10.5 Å². The predicted molar refractivity (Wildman–Crippen MR) is 82.7 cm³/mol. The first-order valence-electron chi connectivity index (χ1n) is 8.65. The largest absolute Gasteiger partial charge is 0.375 e. The van der Waals surface area contributed by atoms with Crippen LogP contribution in [-0.2, 0) is 4.74 Å². The van der Waals surface area contributed by atoms with Gasteiger partial charge in [-0.15, -0.1) is 0 Å². The van der Waals surface area contributed by atoms with Gasteiger partial charge in [0.15, 0.2) is 0 Å². The van der Waals surface area contributed by atoms with Crippen molar-refractivity contribution >= 4 is 0 Å². The summed E-state index contributed by atoms with van der Waals surface area (Å²) in [6.45, 7) is 7.69. The third kappa shape index (κ3) is 2.65. The summed E-state index contributed by atoms with van der Waals surface area (Å²) in [6.07, 6.45) is 11.0. The Morgan fingerprint density at radius 3 is 2.75 bits per heavy atom. The molecule has 0 bridgehead atoms. The first-order chi connectivity index (χ1) is 9.56. The van der Waals surface area contributed by atoms with Gasteiger partial charge in [0.1, 0.15) is 0 Å². The lowest BCUT2D eigenvalue weighted by Crippen LogP contribution is -2.62. The number of nitrogens with two attached hydrogens (primary N) is 1. The molecule has 0 aromatic carbocycles. The molecule has 3 unspecified atom stereocenters. The van der Waals surface area contributed by atoms with Crippen LogP contribution in [0.2, 0.25) is 0 Å². The number of rotatable bonds is 2. The first kappa shape index (κ1) is 14.8. The summed E-state index contributed by atoms with van der Waals surface area (Å²) in [6, 6.07) is 0.647. The normalized spacial score (nSPS) is 42.1. The number of nitrogens with zero attached hydrogens (tertiary/aromatic N) is 1. The Balaban J connectivity index is 1.80. The minimum atomic E-state index is 0.255. The van der Waals surface area contributed by atoms with E-state index in [1.807, 2.05) is 0 Å². The van der Waals surface area contributed by atoms with E-state index in [-0.39, 0.29) is 5.54 Å². The molecule has 0 radical (unpaired) electrons. The van der Waals surface area contributed by atoms with Crippen molar-refractivity contribution in [2.45, 2.75) is 82.9 Å². The maximum atomic E-state index is 6.33. The van der Waals surface area contributed by atoms with Crippen LogP contribution in [0.1, 0.15) is 65.2 Å². The number of ether oxygens (including phenoxy) is 1. The van der Waals surface area contributed by atoms with Gasteiger partial charge in [-0.05, 0) is 50.4 Å². The molecule has 0 spiro atoms. The third-order valence-electron chi connectivity index (χ3n) is 6.23. The van der Waals surface area contributed by atoms with Gasteiger partial charge in [0.05, 0.1) is 12.7 Å². The van der Waals surface area contributed by atoms with Crippen LogP contribution in [0, 0.1) is 5.41 Å². The number of hydrogen-bond acceptors (Lipinski definition) is 3. The minimum absolute atomic E-state index is 0.255. The third-order valence-corrected chi connectivity index (χ3v) is 6.23. The summed E-state index contributed by atoms with van der Waals surface area (Å²) in [5.41, 5.74) is 7.08. The van der Waals surface area contributed by atoms with Crippen molar-refractivity contribution in [2.75, 3.05) is 19.7 Å². The van der Waals surface area contributed by atoms with E-state index >= 15 is 0 Å². The fourth-order valence-corrected chi connectivity index (χ4v) is 4.84. The minimum Gasteiger partial charge on any atom is -0.375 e. The summed E-state index contributed by atoms with van der Waals surface area (Å²) < 4.78 is 6.00.